The maximum atomic E-state index is 11.6. The van der Waals surface area contributed by atoms with Gasteiger partial charge in [-0.05, 0) is 19.8 Å². The third-order valence-corrected chi connectivity index (χ3v) is 2.65. The number of esters is 1. The van der Waals surface area contributed by atoms with E-state index in [9.17, 15) is 4.79 Å². The van der Waals surface area contributed by atoms with E-state index in [0.29, 0.717) is 29.9 Å². The first-order valence-electron chi connectivity index (χ1n) is 5.60. The maximum Gasteiger partial charge on any atom is 0.341 e. The fraction of sp³-hybridized carbons (Fsp3) is 0.545. The number of anilines is 1. The molecule has 92 valence electrons. The van der Waals surface area contributed by atoms with Crippen molar-refractivity contribution in [1.29, 1.82) is 0 Å². The molecular formula is C11H14ClN3O2. The van der Waals surface area contributed by atoms with Gasteiger partial charge in [0.15, 0.2) is 0 Å². The van der Waals surface area contributed by atoms with Gasteiger partial charge in [0, 0.05) is 12.2 Å². The van der Waals surface area contributed by atoms with E-state index in [1.807, 2.05) is 0 Å². The van der Waals surface area contributed by atoms with Crippen LogP contribution < -0.4 is 5.32 Å². The summed E-state index contributed by atoms with van der Waals surface area (Å²) in [7, 11) is 0. The normalized spacial score (nSPS) is 14.5. The van der Waals surface area contributed by atoms with E-state index in [-0.39, 0.29) is 5.88 Å². The summed E-state index contributed by atoms with van der Waals surface area (Å²) >= 11 is 5.77. The molecule has 0 atom stereocenters. The first kappa shape index (κ1) is 12.1. The Labute approximate surface area is 105 Å². The van der Waals surface area contributed by atoms with Crippen molar-refractivity contribution in [3.8, 4) is 0 Å². The van der Waals surface area contributed by atoms with E-state index >= 15 is 0 Å². The third-order valence-electron chi connectivity index (χ3n) is 2.40. The van der Waals surface area contributed by atoms with Crippen LogP contribution in [0.4, 0.5) is 5.95 Å². The van der Waals surface area contributed by atoms with Gasteiger partial charge >= 0.3 is 5.97 Å². The Balaban J connectivity index is 2.17. The molecule has 5 nitrogen and oxygen atoms in total. The van der Waals surface area contributed by atoms with Crippen LogP contribution in [0.5, 0.6) is 0 Å². The van der Waals surface area contributed by atoms with Crippen molar-refractivity contribution in [2.75, 3.05) is 11.9 Å². The molecule has 1 fully saturated rings. The van der Waals surface area contributed by atoms with E-state index in [0.717, 1.165) is 12.8 Å². The van der Waals surface area contributed by atoms with Gasteiger partial charge in [-0.1, -0.05) is 0 Å². The fourth-order valence-corrected chi connectivity index (χ4v) is 1.58. The van der Waals surface area contributed by atoms with Crippen molar-refractivity contribution in [1.82, 2.24) is 9.97 Å². The Kier molecular flexibility index (Phi) is 3.78. The molecule has 0 bridgehead atoms. The zero-order valence-electron chi connectivity index (χ0n) is 9.57. The number of carbonyl (C=O) groups is 1. The lowest BCUT2D eigenvalue weighted by Gasteiger charge is -2.08. The summed E-state index contributed by atoms with van der Waals surface area (Å²) in [4.78, 5) is 19.9. The minimum Gasteiger partial charge on any atom is -0.462 e. The number of carbonyl (C=O) groups excluding carboxylic acids is 1. The zero-order valence-corrected chi connectivity index (χ0v) is 10.3. The molecule has 0 unspecified atom stereocenters. The molecule has 1 aromatic heterocycles. The molecule has 17 heavy (non-hydrogen) atoms. The Morgan fingerprint density at radius 1 is 1.65 bits per heavy atom. The predicted molar refractivity (Wildman–Crippen MR) is 64.2 cm³/mol. The number of ether oxygens (including phenoxy) is 1. The van der Waals surface area contributed by atoms with Crippen LogP contribution in [0.15, 0.2) is 6.20 Å². The quantitative estimate of drug-likeness (QED) is 0.644. The second-order valence-corrected chi connectivity index (χ2v) is 4.09. The molecule has 1 saturated carbocycles. The van der Waals surface area contributed by atoms with Crippen LogP contribution in [-0.4, -0.2) is 28.6 Å². The maximum absolute atomic E-state index is 11.6. The lowest BCUT2D eigenvalue weighted by atomic mass is 10.2. The minimum absolute atomic E-state index is 0.163. The molecule has 1 N–H and O–H groups in total. The van der Waals surface area contributed by atoms with Gasteiger partial charge < -0.3 is 10.1 Å². The fourth-order valence-electron chi connectivity index (χ4n) is 1.38. The average Bonchev–Trinajstić information content (AvgIpc) is 3.13. The summed E-state index contributed by atoms with van der Waals surface area (Å²) < 4.78 is 4.91. The molecule has 0 saturated heterocycles. The van der Waals surface area contributed by atoms with Crippen molar-refractivity contribution in [3.63, 3.8) is 0 Å². The average molecular weight is 256 g/mol. The highest BCUT2D eigenvalue weighted by molar-refractivity contribution is 6.17. The molecule has 2 rings (SSSR count). The number of alkyl halides is 1. The van der Waals surface area contributed by atoms with Gasteiger partial charge in [-0.25, -0.2) is 14.8 Å². The number of hydrogen-bond donors (Lipinski definition) is 1. The molecule has 0 spiro atoms. The molecule has 0 radical (unpaired) electrons. The summed E-state index contributed by atoms with van der Waals surface area (Å²) in [6.07, 6.45) is 3.74. The van der Waals surface area contributed by atoms with Crippen molar-refractivity contribution < 1.29 is 9.53 Å². The molecule has 1 aliphatic carbocycles. The van der Waals surface area contributed by atoms with Crippen molar-refractivity contribution in [3.05, 3.63) is 17.5 Å². The van der Waals surface area contributed by atoms with Gasteiger partial charge in [0.05, 0.1) is 18.2 Å². The molecule has 6 heteroatoms. The summed E-state index contributed by atoms with van der Waals surface area (Å²) in [6.45, 7) is 2.07. The van der Waals surface area contributed by atoms with Gasteiger partial charge in [0.25, 0.3) is 0 Å². The molecule has 1 aliphatic rings. The Hall–Kier alpha value is -1.36. The van der Waals surface area contributed by atoms with E-state index in [1.54, 1.807) is 6.92 Å². The van der Waals surface area contributed by atoms with Crippen molar-refractivity contribution in [2.24, 2.45) is 0 Å². The smallest absolute Gasteiger partial charge is 0.341 e. The minimum atomic E-state index is -0.430. The van der Waals surface area contributed by atoms with Crippen LogP contribution in [0, 0.1) is 0 Å². The highest BCUT2D eigenvalue weighted by Crippen LogP contribution is 2.23. The first-order chi connectivity index (χ1) is 8.24. The highest BCUT2D eigenvalue weighted by Gasteiger charge is 2.23. The van der Waals surface area contributed by atoms with E-state index < -0.39 is 5.97 Å². The number of nitrogens with one attached hydrogen (secondary N) is 1. The second kappa shape index (κ2) is 5.31. The molecule has 1 aromatic rings. The van der Waals surface area contributed by atoms with Gasteiger partial charge in [0.1, 0.15) is 5.56 Å². The SMILES string of the molecule is CCOC(=O)c1cnc(NC2CC2)nc1CCl. The number of aromatic nitrogens is 2. The zero-order chi connectivity index (χ0) is 12.3. The largest absolute Gasteiger partial charge is 0.462 e. The molecule has 0 aliphatic heterocycles. The summed E-state index contributed by atoms with van der Waals surface area (Å²) in [5.74, 6) is 0.257. The van der Waals surface area contributed by atoms with Crippen LogP contribution in [-0.2, 0) is 10.6 Å². The molecule has 1 heterocycles. The van der Waals surface area contributed by atoms with Crippen LogP contribution in [0.3, 0.4) is 0 Å². The Morgan fingerprint density at radius 2 is 2.41 bits per heavy atom. The standard InChI is InChI=1S/C11H14ClN3O2/c1-2-17-10(16)8-6-13-11(14-7-3-4-7)15-9(8)5-12/h6-7H,2-5H2,1H3,(H,13,14,15). The molecule has 0 amide bonds. The number of rotatable bonds is 5. The second-order valence-electron chi connectivity index (χ2n) is 3.83. The van der Waals surface area contributed by atoms with Crippen LogP contribution >= 0.6 is 11.6 Å². The lowest BCUT2D eigenvalue weighted by molar-refractivity contribution is 0.0524. The van der Waals surface area contributed by atoms with Crippen LogP contribution in [0.1, 0.15) is 35.8 Å². The van der Waals surface area contributed by atoms with Crippen LogP contribution in [0.25, 0.3) is 0 Å². The van der Waals surface area contributed by atoms with E-state index in [1.165, 1.54) is 6.20 Å². The number of hydrogen-bond acceptors (Lipinski definition) is 5. The van der Waals surface area contributed by atoms with Gasteiger partial charge in [-0.2, -0.15) is 0 Å². The van der Waals surface area contributed by atoms with Crippen molar-refractivity contribution in [2.45, 2.75) is 31.7 Å². The van der Waals surface area contributed by atoms with Gasteiger partial charge in [-0.3, -0.25) is 0 Å². The summed E-state index contributed by atoms with van der Waals surface area (Å²) in [6, 6.07) is 0.464. The molecule has 0 aromatic carbocycles. The summed E-state index contributed by atoms with van der Waals surface area (Å²) in [5.41, 5.74) is 0.839. The number of nitrogens with zero attached hydrogens (tertiary/aromatic N) is 2. The summed E-state index contributed by atoms with van der Waals surface area (Å²) in [5, 5.41) is 3.16. The van der Waals surface area contributed by atoms with Gasteiger partial charge in [-0.15, -0.1) is 11.6 Å². The lowest BCUT2D eigenvalue weighted by Crippen LogP contribution is -2.13. The van der Waals surface area contributed by atoms with Crippen molar-refractivity contribution >= 4 is 23.5 Å². The highest BCUT2D eigenvalue weighted by atomic mass is 35.5. The number of halogens is 1. The monoisotopic (exact) mass is 255 g/mol. The topological polar surface area (TPSA) is 64.1 Å². The van der Waals surface area contributed by atoms with Gasteiger partial charge in [0.2, 0.25) is 5.95 Å². The Morgan fingerprint density at radius 3 is 3.00 bits per heavy atom. The van der Waals surface area contributed by atoms with E-state index in [4.69, 9.17) is 16.3 Å². The van der Waals surface area contributed by atoms with E-state index in [2.05, 4.69) is 15.3 Å². The Bertz CT molecular complexity index is 421. The van der Waals surface area contributed by atoms with Crippen LogP contribution in [0.2, 0.25) is 0 Å². The predicted octanol–water partition coefficient (Wildman–Crippen LogP) is 1.97. The molecular weight excluding hydrogens is 242 g/mol. The third kappa shape index (κ3) is 3.06. The first-order valence-corrected chi connectivity index (χ1v) is 6.13.